The van der Waals surface area contributed by atoms with Crippen molar-refractivity contribution in [2.24, 2.45) is 5.92 Å². The van der Waals surface area contributed by atoms with E-state index in [1.807, 2.05) is 11.8 Å². The zero-order valence-corrected chi connectivity index (χ0v) is 12.3. The van der Waals surface area contributed by atoms with E-state index in [0.29, 0.717) is 27.9 Å². The van der Waals surface area contributed by atoms with E-state index in [1.54, 1.807) is 12.1 Å². The number of esters is 1. The van der Waals surface area contributed by atoms with Crippen molar-refractivity contribution >= 4 is 40.7 Å². The summed E-state index contributed by atoms with van der Waals surface area (Å²) in [5.74, 6) is 2.53. The van der Waals surface area contributed by atoms with Gasteiger partial charge >= 0.3 is 5.97 Å². The molecule has 1 saturated heterocycles. The fraction of sp³-hybridized carbons (Fsp3) is 0.462. The summed E-state index contributed by atoms with van der Waals surface area (Å²) < 4.78 is 4.76. The SMILES string of the molecule is COC(=O)c1cc(N)cc(Cl)c1NCC1CCSC1. The predicted molar refractivity (Wildman–Crippen MR) is 81.1 cm³/mol. The maximum Gasteiger partial charge on any atom is 0.340 e. The molecule has 1 fully saturated rings. The molecule has 3 N–H and O–H groups in total. The van der Waals surface area contributed by atoms with E-state index in [4.69, 9.17) is 22.1 Å². The van der Waals surface area contributed by atoms with Crippen molar-refractivity contribution < 1.29 is 9.53 Å². The van der Waals surface area contributed by atoms with Gasteiger partial charge in [0.15, 0.2) is 0 Å². The molecule has 104 valence electrons. The number of hydrogen-bond acceptors (Lipinski definition) is 5. The monoisotopic (exact) mass is 300 g/mol. The fourth-order valence-corrected chi connectivity index (χ4v) is 3.65. The van der Waals surface area contributed by atoms with Gasteiger partial charge in [-0.1, -0.05) is 11.6 Å². The normalized spacial score (nSPS) is 18.3. The largest absolute Gasteiger partial charge is 0.465 e. The zero-order chi connectivity index (χ0) is 13.8. The molecule has 1 unspecified atom stereocenters. The molecule has 0 bridgehead atoms. The Balaban J connectivity index is 2.19. The lowest BCUT2D eigenvalue weighted by molar-refractivity contribution is 0.0602. The Bertz CT molecular complexity index is 476. The van der Waals surface area contributed by atoms with Crippen LogP contribution in [-0.4, -0.2) is 31.1 Å². The van der Waals surface area contributed by atoms with Crippen molar-refractivity contribution in [2.75, 3.05) is 36.2 Å². The highest BCUT2D eigenvalue weighted by molar-refractivity contribution is 7.99. The molecule has 1 atom stereocenters. The number of hydrogen-bond donors (Lipinski definition) is 2. The second-order valence-electron chi connectivity index (χ2n) is 4.53. The second kappa shape index (κ2) is 6.39. The van der Waals surface area contributed by atoms with E-state index >= 15 is 0 Å². The van der Waals surface area contributed by atoms with Crippen LogP contribution in [0.3, 0.4) is 0 Å². The highest BCUT2D eigenvalue weighted by Gasteiger charge is 2.19. The molecule has 0 saturated carbocycles. The average Bonchev–Trinajstić information content (AvgIpc) is 2.89. The summed E-state index contributed by atoms with van der Waals surface area (Å²) in [5, 5.41) is 3.71. The highest BCUT2D eigenvalue weighted by atomic mass is 35.5. The number of benzene rings is 1. The van der Waals surface area contributed by atoms with Crippen LogP contribution in [0.5, 0.6) is 0 Å². The minimum atomic E-state index is -0.433. The number of nitrogens with one attached hydrogen (secondary N) is 1. The number of halogens is 1. The van der Waals surface area contributed by atoms with Gasteiger partial charge in [-0.3, -0.25) is 0 Å². The maximum absolute atomic E-state index is 11.8. The molecule has 4 nitrogen and oxygen atoms in total. The van der Waals surface area contributed by atoms with Crippen LogP contribution in [0.25, 0.3) is 0 Å². The van der Waals surface area contributed by atoms with Crippen molar-refractivity contribution in [3.05, 3.63) is 22.7 Å². The van der Waals surface area contributed by atoms with Crippen molar-refractivity contribution in [3.63, 3.8) is 0 Å². The lowest BCUT2D eigenvalue weighted by Crippen LogP contribution is -2.16. The third kappa shape index (κ3) is 3.48. The second-order valence-corrected chi connectivity index (χ2v) is 6.08. The third-order valence-electron chi connectivity index (χ3n) is 3.11. The first-order valence-corrected chi connectivity index (χ1v) is 7.64. The number of nitrogens with two attached hydrogens (primary N) is 1. The Hall–Kier alpha value is -1.07. The van der Waals surface area contributed by atoms with Gasteiger partial charge in [0.25, 0.3) is 0 Å². The van der Waals surface area contributed by atoms with Crippen LogP contribution in [0.4, 0.5) is 11.4 Å². The van der Waals surface area contributed by atoms with Crippen LogP contribution in [0, 0.1) is 5.92 Å². The number of nitrogen functional groups attached to an aromatic ring is 1. The van der Waals surface area contributed by atoms with Crippen molar-refractivity contribution in [3.8, 4) is 0 Å². The van der Waals surface area contributed by atoms with Gasteiger partial charge in [-0.25, -0.2) is 4.79 Å². The molecule has 0 aliphatic carbocycles. The third-order valence-corrected chi connectivity index (χ3v) is 4.64. The first-order valence-electron chi connectivity index (χ1n) is 6.10. The van der Waals surface area contributed by atoms with E-state index < -0.39 is 5.97 Å². The van der Waals surface area contributed by atoms with Crippen molar-refractivity contribution in [1.82, 2.24) is 0 Å². The van der Waals surface area contributed by atoms with Crippen LogP contribution < -0.4 is 11.1 Å². The molecule has 6 heteroatoms. The van der Waals surface area contributed by atoms with Crippen molar-refractivity contribution in [2.45, 2.75) is 6.42 Å². The average molecular weight is 301 g/mol. The molecule has 2 rings (SSSR count). The Labute approximate surface area is 122 Å². The van der Waals surface area contributed by atoms with Gasteiger partial charge in [0, 0.05) is 12.2 Å². The summed E-state index contributed by atoms with van der Waals surface area (Å²) in [6, 6.07) is 3.23. The lowest BCUT2D eigenvalue weighted by Gasteiger charge is -2.16. The summed E-state index contributed by atoms with van der Waals surface area (Å²) in [7, 11) is 1.34. The van der Waals surface area contributed by atoms with Gasteiger partial charge in [-0.2, -0.15) is 11.8 Å². The highest BCUT2D eigenvalue weighted by Crippen LogP contribution is 2.31. The first kappa shape index (κ1) is 14.3. The number of anilines is 2. The number of methoxy groups -OCH3 is 1. The Morgan fingerprint density at radius 2 is 2.42 bits per heavy atom. The topological polar surface area (TPSA) is 64.3 Å². The fourth-order valence-electron chi connectivity index (χ4n) is 2.07. The van der Waals surface area contributed by atoms with E-state index in [-0.39, 0.29) is 0 Å². The molecule has 0 amide bonds. The minimum absolute atomic E-state index is 0.387. The number of carbonyl (C=O) groups excluding carboxylic acids is 1. The molecule has 19 heavy (non-hydrogen) atoms. The van der Waals surface area contributed by atoms with Gasteiger partial charge in [0.2, 0.25) is 0 Å². The Morgan fingerprint density at radius 1 is 1.63 bits per heavy atom. The lowest BCUT2D eigenvalue weighted by atomic mass is 10.1. The Kier molecular flexibility index (Phi) is 4.82. The summed E-state index contributed by atoms with van der Waals surface area (Å²) in [5.41, 5.74) is 7.16. The minimum Gasteiger partial charge on any atom is -0.465 e. The summed E-state index contributed by atoms with van der Waals surface area (Å²) in [6.07, 6.45) is 1.19. The molecule has 0 spiro atoms. The van der Waals surface area contributed by atoms with Crippen LogP contribution in [0.1, 0.15) is 16.8 Å². The number of rotatable bonds is 4. The molecule has 0 radical (unpaired) electrons. The smallest absolute Gasteiger partial charge is 0.340 e. The molecular formula is C13H17ClN2O2S. The van der Waals surface area contributed by atoms with Gasteiger partial charge in [0.05, 0.1) is 23.4 Å². The first-order chi connectivity index (χ1) is 9.11. The van der Waals surface area contributed by atoms with E-state index in [2.05, 4.69) is 5.32 Å². The van der Waals surface area contributed by atoms with Crippen molar-refractivity contribution in [1.29, 1.82) is 0 Å². The quantitative estimate of drug-likeness (QED) is 0.661. The molecule has 1 aliphatic heterocycles. The van der Waals surface area contributed by atoms with Gasteiger partial charge < -0.3 is 15.8 Å². The van der Waals surface area contributed by atoms with E-state index in [0.717, 1.165) is 12.3 Å². The summed E-state index contributed by atoms with van der Waals surface area (Å²) >= 11 is 8.12. The molecule has 1 heterocycles. The number of ether oxygens (including phenoxy) is 1. The van der Waals surface area contributed by atoms with Crippen LogP contribution in [-0.2, 0) is 4.74 Å². The summed E-state index contributed by atoms with van der Waals surface area (Å²) in [6.45, 7) is 0.806. The van der Waals surface area contributed by atoms with Gasteiger partial charge in [-0.05, 0) is 36.0 Å². The maximum atomic E-state index is 11.8. The van der Waals surface area contributed by atoms with Crippen LogP contribution in [0.2, 0.25) is 5.02 Å². The van der Waals surface area contributed by atoms with Gasteiger partial charge in [-0.15, -0.1) is 0 Å². The summed E-state index contributed by atoms with van der Waals surface area (Å²) in [4.78, 5) is 11.8. The van der Waals surface area contributed by atoms with E-state index in [9.17, 15) is 4.79 Å². The Morgan fingerprint density at radius 3 is 3.05 bits per heavy atom. The zero-order valence-electron chi connectivity index (χ0n) is 10.7. The molecule has 1 aliphatic rings. The molecule has 1 aromatic rings. The standard InChI is InChI=1S/C13H17ClN2O2S/c1-18-13(17)10-4-9(15)5-11(14)12(10)16-6-8-2-3-19-7-8/h4-5,8,16H,2-3,6-7,15H2,1H3. The van der Waals surface area contributed by atoms with Crippen LogP contribution >= 0.6 is 23.4 Å². The molecular weight excluding hydrogens is 284 g/mol. The molecule has 1 aromatic carbocycles. The number of thioether (sulfide) groups is 1. The van der Waals surface area contributed by atoms with E-state index in [1.165, 1.54) is 19.3 Å². The number of carbonyl (C=O) groups is 1. The molecule has 0 aromatic heterocycles. The predicted octanol–water partition coefficient (Wildman–Crippen LogP) is 2.87. The van der Waals surface area contributed by atoms with Gasteiger partial charge in [0.1, 0.15) is 0 Å². The van der Waals surface area contributed by atoms with Crippen LogP contribution in [0.15, 0.2) is 12.1 Å².